The Morgan fingerprint density at radius 2 is 2.00 bits per heavy atom. The molecule has 1 amide bonds. The van der Waals surface area contributed by atoms with E-state index in [9.17, 15) is 14.9 Å². The molecule has 0 aliphatic carbocycles. The standard InChI is InChI=1S/C13H15N3O3/c1-9(2)12(7-14)13(17)15-8-10-3-5-11(6-4-10)16(18)19/h3-6,9,12H,8H2,1-2H3,(H,15,17). The lowest BCUT2D eigenvalue weighted by Crippen LogP contribution is -2.32. The van der Waals surface area contributed by atoms with Crippen molar-refractivity contribution in [3.05, 3.63) is 39.9 Å². The molecule has 1 aromatic carbocycles. The lowest BCUT2D eigenvalue weighted by molar-refractivity contribution is -0.384. The first-order valence-corrected chi connectivity index (χ1v) is 5.86. The second-order valence-corrected chi connectivity index (χ2v) is 4.49. The molecule has 1 aromatic rings. The van der Waals surface area contributed by atoms with Crippen molar-refractivity contribution in [2.24, 2.45) is 11.8 Å². The first-order chi connectivity index (χ1) is 8.95. The minimum absolute atomic E-state index is 0.00663. The van der Waals surface area contributed by atoms with E-state index >= 15 is 0 Å². The zero-order valence-electron chi connectivity index (χ0n) is 10.8. The molecular weight excluding hydrogens is 246 g/mol. The minimum atomic E-state index is -0.682. The van der Waals surface area contributed by atoms with Crippen molar-refractivity contribution in [3.63, 3.8) is 0 Å². The van der Waals surface area contributed by atoms with E-state index in [1.165, 1.54) is 12.1 Å². The molecule has 19 heavy (non-hydrogen) atoms. The Balaban J connectivity index is 2.60. The van der Waals surface area contributed by atoms with Crippen molar-refractivity contribution in [3.8, 4) is 6.07 Å². The fourth-order valence-corrected chi connectivity index (χ4v) is 1.55. The molecule has 0 heterocycles. The summed E-state index contributed by atoms with van der Waals surface area (Å²) in [5, 5.41) is 22.0. The van der Waals surface area contributed by atoms with Gasteiger partial charge in [-0.2, -0.15) is 5.26 Å². The van der Waals surface area contributed by atoms with Gasteiger partial charge in [0.1, 0.15) is 5.92 Å². The van der Waals surface area contributed by atoms with E-state index in [1.54, 1.807) is 26.0 Å². The van der Waals surface area contributed by atoms with Crippen LogP contribution >= 0.6 is 0 Å². The van der Waals surface area contributed by atoms with Crippen molar-refractivity contribution < 1.29 is 9.72 Å². The summed E-state index contributed by atoms with van der Waals surface area (Å²) < 4.78 is 0. The van der Waals surface area contributed by atoms with Crippen molar-refractivity contribution in [2.45, 2.75) is 20.4 Å². The second kappa shape index (κ2) is 6.50. The summed E-state index contributed by atoms with van der Waals surface area (Å²) in [7, 11) is 0. The number of nitriles is 1. The molecule has 0 saturated heterocycles. The van der Waals surface area contributed by atoms with E-state index in [2.05, 4.69) is 5.32 Å². The molecule has 0 bridgehead atoms. The number of nitrogens with zero attached hydrogens (tertiary/aromatic N) is 2. The van der Waals surface area contributed by atoms with Crippen LogP contribution < -0.4 is 5.32 Å². The smallest absolute Gasteiger partial charge is 0.269 e. The Morgan fingerprint density at radius 1 is 1.42 bits per heavy atom. The highest BCUT2D eigenvalue weighted by Gasteiger charge is 2.21. The van der Waals surface area contributed by atoms with Crippen LogP contribution in [0.2, 0.25) is 0 Å². The summed E-state index contributed by atoms with van der Waals surface area (Å²) in [5.41, 5.74) is 0.756. The van der Waals surface area contributed by atoms with Gasteiger partial charge in [-0.05, 0) is 11.5 Å². The van der Waals surface area contributed by atoms with Crippen LogP contribution in [0.25, 0.3) is 0 Å². The van der Waals surface area contributed by atoms with Crippen LogP contribution in [0.15, 0.2) is 24.3 Å². The van der Waals surface area contributed by atoms with Gasteiger partial charge in [-0.15, -0.1) is 0 Å². The van der Waals surface area contributed by atoms with Crippen LogP contribution in [0.1, 0.15) is 19.4 Å². The molecule has 0 aromatic heterocycles. The summed E-state index contributed by atoms with van der Waals surface area (Å²) in [4.78, 5) is 21.7. The molecule has 0 fully saturated rings. The summed E-state index contributed by atoms with van der Waals surface area (Å²) >= 11 is 0. The van der Waals surface area contributed by atoms with Crippen LogP contribution in [-0.4, -0.2) is 10.8 Å². The normalized spacial score (nSPS) is 11.7. The van der Waals surface area contributed by atoms with Crippen molar-refractivity contribution in [1.29, 1.82) is 5.26 Å². The van der Waals surface area contributed by atoms with Gasteiger partial charge >= 0.3 is 0 Å². The highest BCUT2D eigenvalue weighted by Crippen LogP contribution is 2.13. The van der Waals surface area contributed by atoms with Gasteiger partial charge < -0.3 is 5.32 Å². The monoisotopic (exact) mass is 261 g/mol. The largest absolute Gasteiger partial charge is 0.351 e. The van der Waals surface area contributed by atoms with Crippen molar-refractivity contribution in [1.82, 2.24) is 5.32 Å². The number of non-ortho nitro benzene ring substituents is 1. The summed E-state index contributed by atoms with van der Waals surface area (Å²) in [5.74, 6) is -1.06. The third kappa shape index (κ3) is 4.07. The molecular formula is C13H15N3O3. The number of carbonyl (C=O) groups excluding carboxylic acids is 1. The van der Waals surface area contributed by atoms with Crippen LogP contribution in [0, 0.1) is 33.3 Å². The Kier molecular flexibility index (Phi) is 5.01. The number of nitro groups is 1. The maximum absolute atomic E-state index is 11.7. The van der Waals surface area contributed by atoms with Gasteiger partial charge in [0.2, 0.25) is 5.91 Å². The number of amides is 1. The van der Waals surface area contributed by atoms with E-state index in [1.807, 2.05) is 6.07 Å². The number of hydrogen-bond acceptors (Lipinski definition) is 4. The Hall–Kier alpha value is -2.42. The van der Waals surface area contributed by atoms with Gasteiger partial charge in [0, 0.05) is 18.7 Å². The zero-order valence-corrected chi connectivity index (χ0v) is 10.8. The molecule has 0 saturated carbocycles. The minimum Gasteiger partial charge on any atom is -0.351 e. The molecule has 0 aliphatic heterocycles. The molecule has 1 unspecified atom stereocenters. The molecule has 0 aliphatic rings. The highest BCUT2D eigenvalue weighted by molar-refractivity contribution is 5.81. The molecule has 6 heteroatoms. The van der Waals surface area contributed by atoms with Gasteiger partial charge in [-0.1, -0.05) is 26.0 Å². The highest BCUT2D eigenvalue weighted by atomic mass is 16.6. The number of benzene rings is 1. The maximum Gasteiger partial charge on any atom is 0.269 e. The molecule has 1 N–H and O–H groups in total. The first-order valence-electron chi connectivity index (χ1n) is 5.86. The topological polar surface area (TPSA) is 96.0 Å². The van der Waals surface area contributed by atoms with Gasteiger partial charge in [0.15, 0.2) is 0 Å². The Labute approximate surface area is 111 Å². The first kappa shape index (κ1) is 14.6. The third-order valence-corrected chi connectivity index (χ3v) is 2.70. The lowest BCUT2D eigenvalue weighted by Gasteiger charge is -2.12. The number of nitrogens with one attached hydrogen (secondary N) is 1. The number of nitro benzene ring substituents is 1. The fraction of sp³-hybridized carbons (Fsp3) is 0.385. The molecule has 6 nitrogen and oxygen atoms in total. The summed E-state index contributed by atoms with van der Waals surface area (Å²) in [6, 6.07) is 7.88. The van der Waals surface area contributed by atoms with Gasteiger partial charge in [0.25, 0.3) is 5.69 Å². The summed E-state index contributed by atoms with van der Waals surface area (Å²) in [6.07, 6.45) is 0. The average Bonchev–Trinajstić information content (AvgIpc) is 2.37. The Bertz CT molecular complexity index is 503. The zero-order chi connectivity index (χ0) is 14.4. The second-order valence-electron chi connectivity index (χ2n) is 4.49. The summed E-state index contributed by atoms with van der Waals surface area (Å²) in [6.45, 7) is 3.86. The van der Waals surface area contributed by atoms with Gasteiger partial charge in [0.05, 0.1) is 11.0 Å². The molecule has 1 atom stereocenters. The van der Waals surface area contributed by atoms with E-state index in [0.717, 1.165) is 5.56 Å². The van der Waals surface area contributed by atoms with Gasteiger partial charge in [-0.3, -0.25) is 14.9 Å². The van der Waals surface area contributed by atoms with E-state index < -0.39 is 10.8 Å². The molecule has 0 radical (unpaired) electrons. The Morgan fingerprint density at radius 3 is 2.42 bits per heavy atom. The van der Waals surface area contributed by atoms with Crippen LogP contribution in [-0.2, 0) is 11.3 Å². The average molecular weight is 261 g/mol. The molecule has 0 spiro atoms. The third-order valence-electron chi connectivity index (χ3n) is 2.70. The van der Waals surface area contributed by atoms with Crippen LogP contribution in [0.3, 0.4) is 0 Å². The van der Waals surface area contributed by atoms with Crippen molar-refractivity contribution in [2.75, 3.05) is 0 Å². The predicted molar refractivity (Wildman–Crippen MR) is 68.9 cm³/mol. The van der Waals surface area contributed by atoms with Gasteiger partial charge in [-0.25, -0.2) is 0 Å². The van der Waals surface area contributed by atoms with E-state index in [0.29, 0.717) is 0 Å². The number of carbonyl (C=O) groups is 1. The maximum atomic E-state index is 11.7. The quantitative estimate of drug-likeness (QED) is 0.647. The van der Waals surface area contributed by atoms with Crippen LogP contribution in [0.4, 0.5) is 5.69 Å². The SMILES string of the molecule is CC(C)C(C#N)C(=O)NCc1ccc([N+](=O)[O-])cc1. The van der Waals surface area contributed by atoms with E-state index in [4.69, 9.17) is 5.26 Å². The molecule has 1 rings (SSSR count). The van der Waals surface area contributed by atoms with Crippen molar-refractivity contribution >= 4 is 11.6 Å². The lowest BCUT2D eigenvalue weighted by atomic mass is 9.96. The molecule has 100 valence electrons. The van der Waals surface area contributed by atoms with E-state index in [-0.39, 0.29) is 24.1 Å². The fourth-order valence-electron chi connectivity index (χ4n) is 1.55. The number of hydrogen-bond donors (Lipinski definition) is 1. The predicted octanol–water partition coefficient (Wildman–Crippen LogP) is 2.01. The van der Waals surface area contributed by atoms with Crippen LogP contribution in [0.5, 0.6) is 0 Å². The number of rotatable bonds is 5.